The molecule has 0 aliphatic rings. The quantitative estimate of drug-likeness (QED) is 0.136. The average molecular weight is 525 g/mol. The highest BCUT2D eigenvalue weighted by molar-refractivity contribution is 7.48. The van der Waals surface area contributed by atoms with Crippen molar-refractivity contribution in [1.29, 1.82) is 0 Å². The van der Waals surface area contributed by atoms with Crippen molar-refractivity contribution in [2.24, 2.45) is 17.8 Å². The third kappa shape index (κ3) is 14.0. The monoisotopic (exact) mass is 524 g/mol. The van der Waals surface area contributed by atoms with Crippen molar-refractivity contribution in [2.45, 2.75) is 99.9 Å². The van der Waals surface area contributed by atoms with E-state index in [-0.39, 0.29) is 37.6 Å². The highest BCUT2D eigenvalue weighted by Gasteiger charge is 2.34. The summed E-state index contributed by atoms with van der Waals surface area (Å²) in [5.74, 6) is -2.21. The van der Waals surface area contributed by atoms with Crippen LogP contribution >= 0.6 is 7.82 Å². The Morgan fingerprint density at radius 1 is 0.600 bits per heavy atom. The van der Waals surface area contributed by atoms with E-state index in [4.69, 9.17) is 27.8 Å². The first-order valence-electron chi connectivity index (χ1n) is 12.4. The predicted molar refractivity (Wildman–Crippen MR) is 130 cm³/mol. The molecular weight excluding hydrogens is 479 g/mol. The molecule has 0 heterocycles. The SMILES string of the molecule is CCC(COP(=O)(OCC(CC)OC(=O)C(C)C)OC(CC)COC(=O)C(C)C)OC(=O)C(C)C. The first-order chi connectivity index (χ1) is 16.3. The summed E-state index contributed by atoms with van der Waals surface area (Å²) in [4.78, 5) is 35.8. The van der Waals surface area contributed by atoms with Gasteiger partial charge in [-0.05, 0) is 19.3 Å². The van der Waals surface area contributed by atoms with Crippen LogP contribution in [-0.4, -0.2) is 56.0 Å². The Balaban J connectivity index is 5.46. The van der Waals surface area contributed by atoms with Gasteiger partial charge in [0.2, 0.25) is 0 Å². The van der Waals surface area contributed by atoms with E-state index in [0.717, 1.165) is 0 Å². The van der Waals surface area contributed by atoms with Gasteiger partial charge in [0.25, 0.3) is 0 Å². The summed E-state index contributed by atoms with van der Waals surface area (Å²) >= 11 is 0. The van der Waals surface area contributed by atoms with E-state index in [1.165, 1.54) is 0 Å². The van der Waals surface area contributed by atoms with E-state index < -0.39 is 44.0 Å². The van der Waals surface area contributed by atoms with Crippen molar-refractivity contribution in [3.05, 3.63) is 0 Å². The molecule has 0 saturated heterocycles. The van der Waals surface area contributed by atoms with Crippen LogP contribution in [0.25, 0.3) is 0 Å². The fourth-order valence-electron chi connectivity index (χ4n) is 2.27. The smallest absolute Gasteiger partial charge is 0.463 e. The maximum absolute atomic E-state index is 13.6. The predicted octanol–water partition coefficient (Wildman–Crippen LogP) is 5.08. The fourth-order valence-corrected chi connectivity index (χ4v) is 3.73. The summed E-state index contributed by atoms with van der Waals surface area (Å²) in [6.07, 6.45) is -0.882. The summed E-state index contributed by atoms with van der Waals surface area (Å²) in [6.45, 7) is 15.0. The van der Waals surface area contributed by atoms with Gasteiger partial charge in [0.05, 0.1) is 31.0 Å². The summed E-state index contributed by atoms with van der Waals surface area (Å²) in [7, 11) is -4.22. The summed E-state index contributed by atoms with van der Waals surface area (Å²) in [5, 5.41) is 0. The molecule has 0 aromatic carbocycles. The van der Waals surface area contributed by atoms with Crippen molar-refractivity contribution in [3.8, 4) is 0 Å². The zero-order chi connectivity index (χ0) is 27.2. The minimum Gasteiger partial charge on any atom is -0.463 e. The molecule has 0 aromatic heterocycles. The number of carbonyl (C=O) groups excluding carboxylic acids is 3. The van der Waals surface area contributed by atoms with Crippen LogP contribution in [0.3, 0.4) is 0 Å². The van der Waals surface area contributed by atoms with Crippen LogP contribution in [0.5, 0.6) is 0 Å². The lowest BCUT2D eigenvalue weighted by Gasteiger charge is -2.26. The van der Waals surface area contributed by atoms with E-state index in [1.54, 1.807) is 62.3 Å². The first kappa shape index (κ1) is 33.5. The molecule has 206 valence electrons. The van der Waals surface area contributed by atoms with Gasteiger partial charge in [0, 0.05) is 0 Å². The third-order valence-electron chi connectivity index (χ3n) is 4.87. The Kier molecular flexibility index (Phi) is 16.3. The van der Waals surface area contributed by atoms with Gasteiger partial charge in [-0.3, -0.25) is 28.0 Å². The van der Waals surface area contributed by atoms with Crippen molar-refractivity contribution in [3.63, 3.8) is 0 Å². The lowest BCUT2D eigenvalue weighted by atomic mass is 10.2. The van der Waals surface area contributed by atoms with E-state index in [1.807, 2.05) is 0 Å². The molecule has 0 radical (unpaired) electrons. The fraction of sp³-hybridized carbons (Fsp3) is 0.875. The van der Waals surface area contributed by atoms with Gasteiger partial charge < -0.3 is 14.2 Å². The van der Waals surface area contributed by atoms with Crippen LogP contribution in [0.15, 0.2) is 0 Å². The molecule has 0 amide bonds. The first-order valence-corrected chi connectivity index (χ1v) is 13.9. The van der Waals surface area contributed by atoms with Gasteiger partial charge in [-0.2, -0.15) is 0 Å². The molecule has 0 N–H and O–H groups in total. The Labute approximate surface area is 210 Å². The molecule has 0 saturated carbocycles. The van der Waals surface area contributed by atoms with Gasteiger partial charge >= 0.3 is 25.7 Å². The Morgan fingerprint density at radius 3 is 1.29 bits per heavy atom. The van der Waals surface area contributed by atoms with Crippen LogP contribution in [0.2, 0.25) is 0 Å². The van der Waals surface area contributed by atoms with Crippen molar-refractivity contribution >= 4 is 25.7 Å². The highest BCUT2D eigenvalue weighted by atomic mass is 31.2. The molecule has 0 aliphatic heterocycles. The minimum absolute atomic E-state index is 0.136. The number of phosphoric acid groups is 1. The zero-order valence-corrected chi connectivity index (χ0v) is 23.6. The normalized spacial score (nSPS) is 16.0. The molecule has 0 bridgehead atoms. The third-order valence-corrected chi connectivity index (χ3v) is 6.36. The second-order valence-corrected chi connectivity index (χ2v) is 10.8. The van der Waals surface area contributed by atoms with Gasteiger partial charge in [0.15, 0.2) is 0 Å². The maximum Gasteiger partial charge on any atom is 0.475 e. The highest BCUT2D eigenvalue weighted by Crippen LogP contribution is 2.51. The lowest BCUT2D eigenvalue weighted by molar-refractivity contribution is -0.155. The Hall–Kier alpha value is -1.48. The number of rotatable bonds is 18. The number of ether oxygens (including phenoxy) is 3. The summed E-state index contributed by atoms with van der Waals surface area (Å²) < 4.78 is 46.3. The largest absolute Gasteiger partial charge is 0.475 e. The van der Waals surface area contributed by atoms with E-state index in [9.17, 15) is 18.9 Å². The van der Waals surface area contributed by atoms with Crippen LogP contribution in [0, 0.1) is 17.8 Å². The van der Waals surface area contributed by atoms with Gasteiger partial charge in [-0.1, -0.05) is 62.3 Å². The minimum atomic E-state index is -4.22. The lowest BCUT2D eigenvalue weighted by Crippen LogP contribution is -2.28. The molecule has 3 atom stereocenters. The zero-order valence-electron chi connectivity index (χ0n) is 22.7. The number of phosphoric ester groups is 1. The van der Waals surface area contributed by atoms with Crippen LogP contribution in [0.4, 0.5) is 0 Å². The molecule has 3 unspecified atom stereocenters. The van der Waals surface area contributed by atoms with Crippen LogP contribution in [-0.2, 0) is 46.7 Å². The summed E-state index contributed by atoms with van der Waals surface area (Å²) in [6, 6.07) is 0. The Bertz CT molecular complexity index is 654. The van der Waals surface area contributed by atoms with E-state index in [0.29, 0.717) is 19.3 Å². The molecule has 0 fully saturated rings. The molecular formula is C24H45O10P. The molecule has 10 nitrogen and oxygen atoms in total. The standard InChI is InChI=1S/C24H45O10P/c1-10-19(32-23(26)17(6)7)14-30-35(28,31-15-20(11-2)33-24(27)18(8)9)34-21(12-3)13-29-22(25)16(4)5/h16-21H,10-15H2,1-9H3. The summed E-state index contributed by atoms with van der Waals surface area (Å²) in [5.41, 5.74) is 0. The maximum atomic E-state index is 13.6. The second-order valence-electron chi connectivity index (χ2n) is 9.20. The molecule has 0 spiro atoms. The Morgan fingerprint density at radius 2 is 0.971 bits per heavy atom. The van der Waals surface area contributed by atoms with E-state index in [2.05, 4.69) is 0 Å². The van der Waals surface area contributed by atoms with Crippen LogP contribution in [0.1, 0.15) is 81.6 Å². The number of esters is 3. The van der Waals surface area contributed by atoms with E-state index >= 15 is 0 Å². The molecule has 0 aliphatic carbocycles. The topological polar surface area (TPSA) is 124 Å². The van der Waals surface area contributed by atoms with Crippen molar-refractivity contribution in [2.75, 3.05) is 19.8 Å². The van der Waals surface area contributed by atoms with Crippen molar-refractivity contribution in [1.82, 2.24) is 0 Å². The second kappa shape index (κ2) is 17.1. The molecule has 35 heavy (non-hydrogen) atoms. The van der Waals surface area contributed by atoms with Crippen LogP contribution < -0.4 is 0 Å². The number of hydrogen-bond acceptors (Lipinski definition) is 10. The van der Waals surface area contributed by atoms with Gasteiger partial charge in [-0.25, -0.2) is 4.57 Å². The number of carbonyl (C=O) groups is 3. The average Bonchev–Trinajstić information content (AvgIpc) is 2.81. The number of hydrogen-bond donors (Lipinski definition) is 0. The van der Waals surface area contributed by atoms with Crippen molar-refractivity contribution < 1.29 is 46.7 Å². The van der Waals surface area contributed by atoms with Gasteiger partial charge in [0.1, 0.15) is 24.9 Å². The van der Waals surface area contributed by atoms with Gasteiger partial charge in [-0.15, -0.1) is 0 Å². The molecule has 11 heteroatoms. The molecule has 0 rings (SSSR count). The molecule has 0 aromatic rings.